The van der Waals surface area contributed by atoms with E-state index in [0.717, 1.165) is 0 Å². The zero-order valence-corrected chi connectivity index (χ0v) is 9.69. The SMILES string of the molecule is COc1ccc(NC(=O)C(C)NC(N)=O)cc1. The molecular weight excluding hydrogens is 222 g/mol. The van der Waals surface area contributed by atoms with Crippen LogP contribution in [0.2, 0.25) is 0 Å². The van der Waals surface area contributed by atoms with Gasteiger partial charge in [0.2, 0.25) is 5.91 Å². The van der Waals surface area contributed by atoms with E-state index in [1.54, 1.807) is 38.3 Å². The molecule has 4 N–H and O–H groups in total. The lowest BCUT2D eigenvalue weighted by Crippen LogP contribution is -2.44. The van der Waals surface area contributed by atoms with Crippen molar-refractivity contribution < 1.29 is 14.3 Å². The molecule has 0 heterocycles. The highest BCUT2D eigenvalue weighted by atomic mass is 16.5. The third-order valence-electron chi connectivity index (χ3n) is 2.11. The summed E-state index contributed by atoms with van der Waals surface area (Å²) in [6, 6.07) is 5.43. The van der Waals surface area contributed by atoms with Gasteiger partial charge in [0.1, 0.15) is 11.8 Å². The molecule has 0 aromatic heterocycles. The molecule has 0 bridgehead atoms. The Hall–Kier alpha value is -2.24. The largest absolute Gasteiger partial charge is 0.497 e. The van der Waals surface area contributed by atoms with Gasteiger partial charge in [0.05, 0.1) is 7.11 Å². The van der Waals surface area contributed by atoms with Gasteiger partial charge in [-0.05, 0) is 31.2 Å². The Morgan fingerprint density at radius 2 is 1.88 bits per heavy atom. The minimum atomic E-state index is -0.734. The van der Waals surface area contributed by atoms with Gasteiger partial charge in [-0.2, -0.15) is 0 Å². The Balaban J connectivity index is 2.58. The van der Waals surface area contributed by atoms with Gasteiger partial charge >= 0.3 is 6.03 Å². The quantitative estimate of drug-likeness (QED) is 0.719. The molecule has 17 heavy (non-hydrogen) atoms. The van der Waals surface area contributed by atoms with Gasteiger partial charge in [0.15, 0.2) is 0 Å². The van der Waals surface area contributed by atoms with E-state index < -0.39 is 12.1 Å². The first-order chi connectivity index (χ1) is 8.02. The number of amides is 3. The Morgan fingerprint density at radius 1 is 1.29 bits per heavy atom. The van der Waals surface area contributed by atoms with Gasteiger partial charge in [0.25, 0.3) is 0 Å². The number of ether oxygens (including phenoxy) is 1. The maximum absolute atomic E-state index is 11.6. The molecular formula is C11H15N3O3. The number of anilines is 1. The Labute approximate surface area is 99.1 Å². The summed E-state index contributed by atoms with van der Waals surface area (Å²) in [6.45, 7) is 1.55. The molecule has 0 saturated heterocycles. The molecule has 0 aliphatic carbocycles. The number of methoxy groups -OCH3 is 1. The lowest BCUT2D eigenvalue weighted by Gasteiger charge is -2.12. The second kappa shape index (κ2) is 5.74. The number of primary amides is 1. The number of nitrogens with one attached hydrogen (secondary N) is 2. The predicted octanol–water partition coefficient (Wildman–Crippen LogP) is 0.690. The molecule has 3 amide bonds. The number of hydrogen-bond acceptors (Lipinski definition) is 3. The summed E-state index contributed by atoms with van der Waals surface area (Å²) < 4.78 is 4.99. The molecule has 6 heteroatoms. The molecule has 0 aliphatic rings. The fourth-order valence-electron chi connectivity index (χ4n) is 1.20. The molecule has 92 valence electrons. The summed E-state index contributed by atoms with van der Waals surface area (Å²) in [4.78, 5) is 22.2. The maximum Gasteiger partial charge on any atom is 0.312 e. The average molecular weight is 237 g/mol. The molecule has 1 rings (SSSR count). The molecule has 1 unspecified atom stereocenters. The van der Waals surface area contributed by atoms with E-state index >= 15 is 0 Å². The van der Waals surface area contributed by atoms with Gasteiger partial charge < -0.3 is 21.1 Å². The molecule has 1 aromatic carbocycles. The third-order valence-corrected chi connectivity index (χ3v) is 2.11. The second-order valence-corrected chi connectivity index (χ2v) is 3.45. The van der Waals surface area contributed by atoms with Crippen LogP contribution in [0.25, 0.3) is 0 Å². The van der Waals surface area contributed by atoms with Gasteiger partial charge in [-0.1, -0.05) is 0 Å². The van der Waals surface area contributed by atoms with Crippen molar-refractivity contribution in [1.82, 2.24) is 5.32 Å². The fourth-order valence-corrected chi connectivity index (χ4v) is 1.20. The van der Waals surface area contributed by atoms with Gasteiger partial charge in [-0.25, -0.2) is 4.79 Å². The maximum atomic E-state index is 11.6. The van der Waals surface area contributed by atoms with Crippen LogP contribution in [0.4, 0.5) is 10.5 Å². The summed E-state index contributed by atoms with van der Waals surface area (Å²) in [5, 5.41) is 4.92. The normalized spacial score (nSPS) is 11.4. The lowest BCUT2D eigenvalue weighted by molar-refractivity contribution is -0.117. The number of rotatable bonds is 4. The van der Waals surface area contributed by atoms with Crippen LogP contribution in [0, 0.1) is 0 Å². The van der Waals surface area contributed by atoms with Gasteiger partial charge in [0, 0.05) is 5.69 Å². The Bertz CT molecular complexity index is 403. The third kappa shape index (κ3) is 4.02. The van der Waals surface area contributed by atoms with Crippen LogP contribution in [0.1, 0.15) is 6.92 Å². The summed E-state index contributed by atoms with van der Waals surface area (Å²) in [7, 11) is 1.56. The minimum absolute atomic E-state index is 0.339. The summed E-state index contributed by atoms with van der Waals surface area (Å²) >= 11 is 0. The number of carbonyl (C=O) groups is 2. The predicted molar refractivity (Wildman–Crippen MR) is 63.8 cm³/mol. The fraction of sp³-hybridized carbons (Fsp3) is 0.273. The van der Waals surface area contributed by atoms with Crippen LogP contribution >= 0.6 is 0 Å². The van der Waals surface area contributed by atoms with E-state index in [1.807, 2.05) is 0 Å². The van der Waals surface area contributed by atoms with Crippen LogP contribution in [0.15, 0.2) is 24.3 Å². The molecule has 0 aliphatic heterocycles. The molecule has 6 nitrogen and oxygen atoms in total. The van der Waals surface area contributed by atoms with Crippen molar-refractivity contribution in [3.8, 4) is 5.75 Å². The Morgan fingerprint density at radius 3 is 2.35 bits per heavy atom. The summed E-state index contributed by atoms with van der Waals surface area (Å²) in [5.74, 6) is 0.361. The molecule has 1 atom stereocenters. The first-order valence-electron chi connectivity index (χ1n) is 5.04. The van der Waals surface area contributed by atoms with Gasteiger partial charge in [-0.15, -0.1) is 0 Å². The van der Waals surface area contributed by atoms with Crippen LogP contribution in [0.3, 0.4) is 0 Å². The molecule has 0 saturated carbocycles. The first kappa shape index (κ1) is 12.8. The lowest BCUT2D eigenvalue weighted by atomic mass is 10.2. The number of carbonyl (C=O) groups excluding carboxylic acids is 2. The van der Waals surface area contributed by atoms with E-state index in [9.17, 15) is 9.59 Å². The highest BCUT2D eigenvalue weighted by molar-refractivity contribution is 5.96. The van der Waals surface area contributed by atoms with Crippen LogP contribution in [0.5, 0.6) is 5.75 Å². The molecule has 0 spiro atoms. The number of urea groups is 1. The van der Waals surface area contributed by atoms with E-state index in [-0.39, 0.29) is 5.91 Å². The van der Waals surface area contributed by atoms with Crippen LogP contribution in [-0.2, 0) is 4.79 Å². The highest BCUT2D eigenvalue weighted by Crippen LogP contribution is 2.14. The number of nitrogens with two attached hydrogens (primary N) is 1. The highest BCUT2D eigenvalue weighted by Gasteiger charge is 2.13. The van der Waals surface area contributed by atoms with Crippen molar-refractivity contribution in [1.29, 1.82) is 0 Å². The van der Waals surface area contributed by atoms with Crippen LogP contribution in [-0.4, -0.2) is 25.1 Å². The van der Waals surface area contributed by atoms with Gasteiger partial charge in [-0.3, -0.25) is 4.79 Å². The topological polar surface area (TPSA) is 93.4 Å². The van der Waals surface area contributed by atoms with E-state index in [0.29, 0.717) is 11.4 Å². The van der Waals surface area contributed by atoms with E-state index in [2.05, 4.69) is 10.6 Å². The molecule has 0 fully saturated rings. The van der Waals surface area contributed by atoms with E-state index in [1.165, 1.54) is 0 Å². The second-order valence-electron chi connectivity index (χ2n) is 3.45. The number of hydrogen-bond donors (Lipinski definition) is 3. The Kier molecular flexibility index (Phi) is 4.33. The van der Waals surface area contributed by atoms with Crippen molar-refractivity contribution in [2.24, 2.45) is 5.73 Å². The van der Waals surface area contributed by atoms with Crippen molar-refractivity contribution in [2.45, 2.75) is 13.0 Å². The molecule has 1 aromatic rings. The summed E-state index contributed by atoms with van der Waals surface area (Å²) in [6.07, 6.45) is 0. The van der Waals surface area contributed by atoms with Crippen LogP contribution < -0.4 is 21.1 Å². The van der Waals surface area contributed by atoms with Crippen molar-refractivity contribution >= 4 is 17.6 Å². The molecule has 0 radical (unpaired) electrons. The zero-order valence-electron chi connectivity index (χ0n) is 9.69. The standard InChI is InChI=1S/C11H15N3O3/c1-7(13-11(12)16)10(15)14-8-3-5-9(17-2)6-4-8/h3-7H,1-2H3,(H,14,15)(H3,12,13,16). The van der Waals surface area contributed by atoms with Crippen molar-refractivity contribution in [3.05, 3.63) is 24.3 Å². The number of benzene rings is 1. The van der Waals surface area contributed by atoms with E-state index in [4.69, 9.17) is 10.5 Å². The monoisotopic (exact) mass is 237 g/mol. The minimum Gasteiger partial charge on any atom is -0.497 e. The summed E-state index contributed by atoms with van der Waals surface area (Å²) in [5.41, 5.74) is 5.54. The first-order valence-corrected chi connectivity index (χ1v) is 5.04. The van der Waals surface area contributed by atoms with Crippen molar-refractivity contribution in [3.63, 3.8) is 0 Å². The smallest absolute Gasteiger partial charge is 0.312 e. The zero-order chi connectivity index (χ0) is 12.8. The van der Waals surface area contributed by atoms with Crippen molar-refractivity contribution in [2.75, 3.05) is 12.4 Å². The average Bonchev–Trinajstić information content (AvgIpc) is 2.29.